The standard InChI is InChI=1S/C7H8Cl2/c1-5(2)7(9)4-6(3)8/h4H,1,3H2,2H3/b7-4+. The molecule has 0 saturated carbocycles. The molecule has 0 rings (SSSR count). The van der Waals surface area contributed by atoms with Gasteiger partial charge in [0.25, 0.3) is 0 Å². The molecule has 0 radical (unpaired) electrons. The predicted octanol–water partition coefficient (Wildman–Crippen LogP) is 3.44. The maximum atomic E-state index is 5.63. The minimum absolute atomic E-state index is 0.419. The topological polar surface area (TPSA) is 0 Å². The molecule has 0 aliphatic carbocycles. The molecular weight excluding hydrogens is 155 g/mol. The first-order valence-corrected chi connectivity index (χ1v) is 3.17. The molecule has 0 aromatic carbocycles. The van der Waals surface area contributed by atoms with Crippen LogP contribution in [0.3, 0.4) is 0 Å². The second kappa shape index (κ2) is 3.76. The van der Waals surface area contributed by atoms with Gasteiger partial charge < -0.3 is 0 Å². The van der Waals surface area contributed by atoms with Crippen LogP contribution in [0.1, 0.15) is 6.92 Å². The van der Waals surface area contributed by atoms with Gasteiger partial charge in [-0.3, -0.25) is 0 Å². The van der Waals surface area contributed by atoms with Crippen LogP contribution in [0.4, 0.5) is 0 Å². The number of allylic oxidation sites excluding steroid dienone is 4. The van der Waals surface area contributed by atoms with Gasteiger partial charge in [0.1, 0.15) is 0 Å². The maximum Gasteiger partial charge on any atom is 0.0443 e. The first kappa shape index (κ1) is 8.80. The second-order valence-electron chi connectivity index (χ2n) is 1.72. The third-order valence-electron chi connectivity index (χ3n) is 0.691. The average molecular weight is 163 g/mol. The summed E-state index contributed by atoms with van der Waals surface area (Å²) in [7, 11) is 0. The average Bonchev–Trinajstić information content (AvgIpc) is 1.63. The lowest BCUT2D eigenvalue weighted by atomic mass is 10.3. The van der Waals surface area contributed by atoms with Crippen LogP contribution in [-0.4, -0.2) is 0 Å². The summed E-state index contributed by atoms with van der Waals surface area (Å²) in [5, 5.41) is 0.970. The first-order chi connectivity index (χ1) is 4.04. The summed E-state index contributed by atoms with van der Waals surface area (Å²) in [5.41, 5.74) is 0.790. The van der Waals surface area contributed by atoms with Gasteiger partial charge >= 0.3 is 0 Å². The molecule has 9 heavy (non-hydrogen) atoms. The Morgan fingerprint density at radius 3 is 1.89 bits per heavy atom. The Morgan fingerprint density at radius 1 is 1.33 bits per heavy atom. The number of hydrogen-bond donors (Lipinski definition) is 0. The van der Waals surface area contributed by atoms with Crippen LogP contribution < -0.4 is 0 Å². The molecule has 0 N–H and O–H groups in total. The molecule has 0 aromatic rings. The SMILES string of the molecule is C=C(Cl)/C=C(/Cl)C(=C)C. The molecule has 0 amide bonds. The molecule has 0 aromatic heterocycles. The van der Waals surface area contributed by atoms with Crippen molar-refractivity contribution in [1.82, 2.24) is 0 Å². The van der Waals surface area contributed by atoms with E-state index in [-0.39, 0.29) is 0 Å². The van der Waals surface area contributed by atoms with Crippen molar-refractivity contribution in [2.45, 2.75) is 6.92 Å². The van der Waals surface area contributed by atoms with Crippen LogP contribution in [0.5, 0.6) is 0 Å². The second-order valence-corrected chi connectivity index (χ2v) is 2.61. The molecule has 0 saturated heterocycles. The molecule has 0 aliphatic rings. The predicted molar refractivity (Wildman–Crippen MR) is 43.7 cm³/mol. The quantitative estimate of drug-likeness (QED) is 0.547. The highest BCUT2D eigenvalue weighted by atomic mass is 35.5. The van der Waals surface area contributed by atoms with Crippen molar-refractivity contribution >= 4 is 23.2 Å². The molecule has 2 heteroatoms. The van der Waals surface area contributed by atoms with Crippen molar-refractivity contribution in [2.75, 3.05) is 0 Å². The number of rotatable bonds is 2. The van der Waals surface area contributed by atoms with E-state index in [1.54, 1.807) is 13.0 Å². The monoisotopic (exact) mass is 162 g/mol. The fourth-order valence-electron chi connectivity index (χ4n) is 0.261. The van der Waals surface area contributed by atoms with E-state index in [9.17, 15) is 0 Å². The van der Waals surface area contributed by atoms with Gasteiger partial charge in [-0.15, -0.1) is 0 Å². The highest BCUT2D eigenvalue weighted by Gasteiger charge is 1.90. The van der Waals surface area contributed by atoms with Crippen molar-refractivity contribution in [3.05, 3.63) is 34.9 Å². The highest BCUT2D eigenvalue weighted by molar-refractivity contribution is 6.35. The summed E-state index contributed by atoms with van der Waals surface area (Å²) in [5.74, 6) is 0. The summed E-state index contributed by atoms with van der Waals surface area (Å²) >= 11 is 11.0. The Labute approximate surface area is 65.5 Å². The van der Waals surface area contributed by atoms with Gasteiger partial charge in [-0.1, -0.05) is 36.4 Å². The Hall–Kier alpha value is -0.200. The first-order valence-electron chi connectivity index (χ1n) is 2.41. The van der Waals surface area contributed by atoms with E-state index in [1.165, 1.54) is 0 Å². The molecule has 0 unspecified atom stereocenters. The van der Waals surface area contributed by atoms with Crippen LogP contribution >= 0.6 is 23.2 Å². The zero-order valence-corrected chi connectivity index (χ0v) is 6.76. The van der Waals surface area contributed by atoms with Crippen LogP contribution in [0.2, 0.25) is 0 Å². The smallest absolute Gasteiger partial charge is 0.0443 e. The summed E-state index contributed by atoms with van der Waals surface area (Å²) in [4.78, 5) is 0. The van der Waals surface area contributed by atoms with Gasteiger partial charge in [-0.2, -0.15) is 0 Å². The van der Waals surface area contributed by atoms with Gasteiger partial charge in [0.05, 0.1) is 0 Å². The fraction of sp³-hybridized carbons (Fsp3) is 0.143. The fourth-order valence-corrected chi connectivity index (χ4v) is 0.557. The van der Waals surface area contributed by atoms with E-state index in [4.69, 9.17) is 23.2 Å². The van der Waals surface area contributed by atoms with E-state index >= 15 is 0 Å². The summed E-state index contributed by atoms with van der Waals surface area (Å²) in [6.07, 6.45) is 1.56. The maximum absolute atomic E-state index is 5.63. The summed E-state index contributed by atoms with van der Waals surface area (Å²) in [6.45, 7) is 8.85. The van der Waals surface area contributed by atoms with Crippen molar-refractivity contribution in [2.24, 2.45) is 0 Å². The normalized spacial score (nSPS) is 11.2. The Bertz CT molecular complexity index is 166. The highest BCUT2D eigenvalue weighted by Crippen LogP contribution is 2.15. The molecule has 0 aliphatic heterocycles. The van der Waals surface area contributed by atoms with E-state index in [0.717, 1.165) is 5.57 Å². The van der Waals surface area contributed by atoms with Crippen molar-refractivity contribution in [1.29, 1.82) is 0 Å². The Balaban J connectivity index is 4.17. The molecule has 50 valence electrons. The van der Waals surface area contributed by atoms with Crippen LogP contribution in [-0.2, 0) is 0 Å². The molecule has 0 fully saturated rings. The Kier molecular flexibility index (Phi) is 3.67. The van der Waals surface area contributed by atoms with Gasteiger partial charge in [0, 0.05) is 10.1 Å². The van der Waals surface area contributed by atoms with E-state index < -0.39 is 0 Å². The molecule has 0 bridgehead atoms. The lowest BCUT2D eigenvalue weighted by molar-refractivity contribution is 1.52. The molecule has 0 spiro atoms. The van der Waals surface area contributed by atoms with E-state index in [2.05, 4.69) is 13.2 Å². The van der Waals surface area contributed by atoms with Crippen molar-refractivity contribution < 1.29 is 0 Å². The molecule has 0 heterocycles. The van der Waals surface area contributed by atoms with Gasteiger partial charge in [-0.25, -0.2) is 0 Å². The Morgan fingerprint density at radius 2 is 1.78 bits per heavy atom. The van der Waals surface area contributed by atoms with Crippen LogP contribution in [0, 0.1) is 0 Å². The van der Waals surface area contributed by atoms with Crippen LogP contribution in [0.25, 0.3) is 0 Å². The van der Waals surface area contributed by atoms with Crippen molar-refractivity contribution in [3.63, 3.8) is 0 Å². The lowest BCUT2D eigenvalue weighted by Crippen LogP contribution is -1.71. The largest absolute Gasteiger partial charge is 0.0946 e. The zero-order valence-electron chi connectivity index (χ0n) is 5.25. The van der Waals surface area contributed by atoms with Crippen molar-refractivity contribution in [3.8, 4) is 0 Å². The van der Waals surface area contributed by atoms with Crippen LogP contribution in [0.15, 0.2) is 34.9 Å². The van der Waals surface area contributed by atoms with E-state index in [0.29, 0.717) is 10.1 Å². The van der Waals surface area contributed by atoms with E-state index in [1.807, 2.05) is 0 Å². The minimum atomic E-state index is 0.419. The molecule has 0 nitrogen and oxygen atoms in total. The molecular formula is C7H8Cl2. The van der Waals surface area contributed by atoms with Gasteiger partial charge in [0.2, 0.25) is 0 Å². The number of halogens is 2. The minimum Gasteiger partial charge on any atom is -0.0946 e. The number of hydrogen-bond acceptors (Lipinski definition) is 0. The lowest BCUT2D eigenvalue weighted by Gasteiger charge is -1.92. The third kappa shape index (κ3) is 4.31. The summed E-state index contributed by atoms with van der Waals surface area (Å²) < 4.78 is 0. The molecule has 0 atom stereocenters. The summed E-state index contributed by atoms with van der Waals surface area (Å²) in [6, 6.07) is 0. The zero-order chi connectivity index (χ0) is 7.44. The van der Waals surface area contributed by atoms with Gasteiger partial charge in [-0.05, 0) is 18.6 Å². The third-order valence-corrected chi connectivity index (χ3v) is 1.23. The van der Waals surface area contributed by atoms with Gasteiger partial charge in [0.15, 0.2) is 0 Å².